The van der Waals surface area contributed by atoms with Crippen molar-refractivity contribution in [3.05, 3.63) is 131 Å². The van der Waals surface area contributed by atoms with Gasteiger partial charge in [0.2, 0.25) is 5.91 Å². The lowest BCUT2D eigenvalue weighted by atomic mass is 9.98. The largest absolute Gasteiger partial charge is 0.344 e. The standard InChI is InChI=1S/C29H28N2O3S/c1-22-13-17-25(18-14-22)29(24-9-5-3-6-10-24)30-28(32)21-31(26-19-15-23(2)16-20-26)35(33,34)27-11-7-4-8-12-27/h3-20,29H,21H2,1-2H3,(H,30,32). The van der Waals surface area contributed by atoms with Crippen LogP contribution in [0.1, 0.15) is 28.3 Å². The molecule has 5 nitrogen and oxygen atoms in total. The summed E-state index contributed by atoms with van der Waals surface area (Å²) < 4.78 is 28.3. The fourth-order valence-corrected chi connectivity index (χ4v) is 5.29. The number of amides is 1. The summed E-state index contributed by atoms with van der Waals surface area (Å²) in [5.74, 6) is -0.403. The van der Waals surface area contributed by atoms with Crippen LogP contribution >= 0.6 is 0 Å². The van der Waals surface area contributed by atoms with Gasteiger partial charge in [-0.05, 0) is 49.2 Å². The lowest BCUT2D eigenvalue weighted by Gasteiger charge is -2.26. The molecule has 0 radical (unpaired) electrons. The molecular formula is C29H28N2O3S. The van der Waals surface area contributed by atoms with E-state index < -0.39 is 22.0 Å². The molecule has 1 amide bonds. The summed E-state index contributed by atoms with van der Waals surface area (Å²) in [7, 11) is -3.96. The van der Waals surface area contributed by atoms with Crippen molar-refractivity contribution in [3.63, 3.8) is 0 Å². The highest BCUT2D eigenvalue weighted by atomic mass is 32.2. The third-order valence-corrected chi connectivity index (χ3v) is 7.58. The van der Waals surface area contributed by atoms with E-state index >= 15 is 0 Å². The molecular weight excluding hydrogens is 456 g/mol. The van der Waals surface area contributed by atoms with Gasteiger partial charge in [0, 0.05) is 0 Å². The number of nitrogens with zero attached hydrogens (tertiary/aromatic N) is 1. The molecule has 1 atom stereocenters. The van der Waals surface area contributed by atoms with Gasteiger partial charge in [-0.2, -0.15) is 0 Å². The van der Waals surface area contributed by atoms with Crippen LogP contribution in [0.3, 0.4) is 0 Å². The van der Waals surface area contributed by atoms with Gasteiger partial charge in [0.25, 0.3) is 10.0 Å². The Bertz CT molecular complexity index is 1370. The van der Waals surface area contributed by atoms with Crippen molar-refractivity contribution in [1.82, 2.24) is 5.32 Å². The van der Waals surface area contributed by atoms with Crippen molar-refractivity contribution in [2.45, 2.75) is 24.8 Å². The minimum absolute atomic E-state index is 0.131. The Balaban J connectivity index is 1.67. The van der Waals surface area contributed by atoms with E-state index in [1.165, 1.54) is 12.1 Å². The maximum absolute atomic E-state index is 13.6. The number of rotatable bonds is 8. The number of hydrogen-bond acceptors (Lipinski definition) is 3. The number of carbonyl (C=O) groups excluding carboxylic acids is 1. The van der Waals surface area contributed by atoms with E-state index in [0.29, 0.717) is 5.69 Å². The molecule has 0 fully saturated rings. The zero-order chi connectivity index (χ0) is 24.8. The molecule has 0 aliphatic heterocycles. The Hall–Kier alpha value is -3.90. The van der Waals surface area contributed by atoms with E-state index in [1.807, 2.05) is 80.6 Å². The number of aryl methyl sites for hydroxylation is 2. The Morgan fingerprint density at radius 3 is 1.77 bits per heavy atom. The van der Waals surface area contributed by atoms with E-state index in [4.69, 9.17) is 0 Å². The van der Waals surface area contributed by atoms with Crippen LogP contribution in [0.2, 0.25) is 0 Å². The molecule has 6 heteroatoms. The normalized spacial score (nSPS) is 12.1. The maximum Gasteiger partial charge on any atom is 0.264 e. The van der Waals surface area contributed by atoms with Crippen LogP contribution in [0.5, 0.6) is 0 Å². The van der Waals surface area contributed by atoms with Crippen LogP contribution in [-0.2, 0) is 14.8 Å². The molecule has 0 bridgehead atoms. The van der Waals surface area contributed by atoms with Crippen molar-refractivity contribution in [2.75, 3.05) is 10.8 Å². The number of sulfonamides is 1. The van der Waals surface area contributed by atoms with E-state index in [2.05, 4.69) is 5.32 Å². The fourth-order valence-electron chi connectivity index (χ4n) is 3.85. The molecule has 4 aromatic carbocycles. The third-order valence-electron chi connectivity index (χ3n) is 5.79. The van der Waals surface area contributed by atoms with Crippen molar-refractivity contribution in [3.8, 4) is 0 Å². The van der Waals surface area contributed by atoms with Crippen LogP contribution in [0.15, 0.2) is 114 Å². The van der Waals surface area contributed by atoms with Gasteiger partial charge in [0.05, 0.1) is 16.6 Å². The summed E-state index contributed by atoms with van der Waals surface area (Å²) in [5.41, 5.74) is 4.38. The van der Waals surface area contributed by atoms with E-state index in [1.54, 1.807) is 30.3 Å². The molecule has 0 saturated carbocycles. The maximum atomic E-state index is 13.6. The number of benzene rings is 4. The predicted molar refractivity (Wildman–Crippen MR) is 140 cm³/mol. The topological polar surface area (TPSA) is 66.5 Å². The molecule has 35 heavy (non-hydrogen) atoms. The highest BCUT2D eigenvalue weighted by Gasteiger charge is 2.28. The summed E-state index contributed by atoms with van der Waals surface area (Å²) in [6.07, 6.45) is 0. The first kappa shape index (κ1) is 24.2. The Morgan fingerprint density at radius 1 is 0.714 bits per heavy atom. The summed E-state index contributed by atoms with van der Waals surface area (Å²) in [5, 5.41) is 3.06. The molecule has 4 aromatic rings. The molecule has 0 heterocycles. The van der Waals surface area contributed by atoms with Gasteiger partial charge in [0.15, 0.2) is 0 Å². The lowest BCUT2D eigenvalue weighted by molar-refractivity contribution is -0.120. The van der Waals surface area contributed by atoms with E-state index in [-0.39, 0.29) is 11.4 Å². The molecule has 0 aliphatic carbocycles. The van der Waals surface area contributed by atoms with Crippen molar-refractivity contribution in [2.24, 2.45) is 0 Å². The van der Waals surface area contributed by atoms with Gasteiger partial charge in [-0.1, -0.05) is 96.1 Å². The molecule has 0 saturated heterocycles. The second-order valence-corrected chi connectivity index (χ2v) is 10.3. The summed E-state index contributed by atoms with van der Waals surface area (Å²) in [6.45, 7) is 3.59. The molecule has 178 valence electrons. The van der Waals surface area contributed by atoms with Gasteiger partial charge in [-0.3, -0.25) is 9.10 Å². The Labute approximate surface area is 207 Å². The Morgan fingerprint density at radius 2 is 1.20 bits per heavy atom. The number of anilines is 1. The van der Waals surface area contributed by atoms with Gasteiger partial charge in [-0.15, -0.1) is 0 Å². The van der Waals surface area contributed by atoms with Gasteiger partial charge in [0.1, 0.15) is 6.54 Å². The SMILES string of the molecule is Cc1ccc(C(NC(=O)CN(c2ccc(C)cc2)S(=O)(=O)c2ccccc2)c2ccccc2)cc1. The van der Waals surface area contributed by atoms with E-state index in [0.717, 1.165) is 26.6 Å². The Kier molecular flexibility index (Phi) is 7.32. The van der Waals surface area contributed by atoms with Crippen LogP contribution in [0.25, 0.3) is 0 Å². The summed E-state index contributed by atoms with van der Waals surface area (Å²) >= 11 is 0. The average molecular weight is 485 g/mol. The van der Waals surface area contributed by atoms with Gasteiger partial charge >= 0.3 is 0 Å². The smallest absolute Gasteiger partial charge is 0.264 e. The van der Waals surface area contributed by atoms with Crippen LogP contribution in [0.4, 0.5) is 5.69 Å². The molecule has 0 aliphatic rings. The van der Waals surface area contributed by atoms with Crippen LogP contribution < -0.4 is 9.62 Å². The van der Waals surface area contributed by atoms with E-state index in [9.17, 15) is 13.2 Å². The highest BCUT2D eigenvalue weighted by Crippen LogP contribution is 2.26. The zero-order valence-electron chi connectivity index (χ0n) is 19.8. The molecule has 0 aromatic heterocycles. The number of hydrogen-bond donors (Lipinski definition) is 1. The van der Waals surface area contributed by atoms with Crippen LogP contribution in [0, 0.1) is 13.8 Å². The lowest BCUT2D eigenvalue weighted by Crippen LogP contribution is -2.42. The second-order valence-electron chi connectivity index (χ2n) is 8.48. The van der Waals surface area contributed by atoms with Crippen molar-refractivity contribution < 1.29 is 13.2 Å². The molecule has 4 rings (SSSR count). The summed E-state index contributed by atoms with van der Waals surface area (Å²) in [4.78, 5) is 13.5. The van der Waals surface area contributed by atoms with Crippen molar-refractivity contribution >= 4 is 21.6 Å². The van der Waals surface area contributed by atoms with Crippen LogP contribution in [-0.4, -0.2) is 20.9 Å². The average Bonchev–Trinajstić information content (AvgIpc) is 2.88. The number of nitrogens with one attached hydrogen (secondary N) is 1. The second kappa shape index (κ2) is 10.6. The third kappa shape index (κ3) is 5.78. The monoisotopic (exact) mass is 484 g/mol. The first-order chi connectivity index (χ1) is 16.8. The zero-order valence-corrected chi connectivity index (χ0v) is 20.6. The minimum Gasteiger partial charge on any atom is -0.344 e. The highest BCUT2D eigenvalue weighted by molar-refractivity contribution is 7.92. The van der Waals surface area contributed by atoms with Crippen molar-refractivity contribution in [1.29, 1.82) is 0 Å². The molecule has 0 spiro atoms. The van der Waals surface area contributed by atoms with Gasteiger partial charge in [-0.25, -0.2) is 8.42 Å². The number of carbonyl (C=O) groups is 1. The minimum atomic E-state index is -3.96. The van der Waals surface area contributed by atoms with Gasteiger partial charge < -0.3 is 5.32 Å². The fraction of sp³-hybridized carbons (Fsp3) is 0.138. The summed E-state index contributed by atoms with van der Waals surface area (Å²) in [6, 6.07) is 32.5. The predicted octanol–water partition coefficient (Wildman–Crippen LogP) is 5.40. The first-order valence-corrected chi connectivity index (χ1v) is 12.8. The molecule has 1 unspecified atom stereocenters. The first-order valence-electron chi connectivity index (χ1n) is 11.4. The molecule has 1 N–H and O–H groups in total. The quantitative estimate of drug-likeness (QED) is 0.364.